The molecule has 0 bridgehead atoms. The van der Waals surface area contributed by atoms with Crippen molar-refractivity contribution in [2.75, 3.05) is 26.5 Å². The molecule has 0 aromatic rings. The summed E-state index contributed by atoms with van der Waals surface area (Å²) in [4.78, 5) is 9.57. The van der Waals surface area contributed by atoms with Crippen LogP contribution >= 0.6 is 0 Å². The highest BCUT2D eigenvalue weighted by molar-refractivity contribution is 7.79. The fourth-order valence-corrected chi connectivity index (χ4v) is 2.48. The van der Waals surface area contributed by atoms with Gasteiger partial charge in [-0.2, -0.15) is 9.35 Å². The average molecular weight is 251 g/mol. The van der Waals surface area contributed by atoms with Gasteiger partial charge in [0.2, 0.25) is 0 Å². The molecule has 3 unspecified atom stereocenters. The SMILES string of the molecule is CCC1CCN(OS(C)=O)C(COOC)C1. The van der Waals surface area contributed by atoms with Crippen LogP contribution < -0.4 is 0 Å². The number of hydrogen-bond donors (Lipinski definition) is 0. The van der Waals surface area contributed by atoms with Gasteiger partial charge in [-0.05, 0) is 18.8 Å². The van der Waals surface area contributed by atoms with Gasteiger partial charge in [0.05, 0.1) is 13.2 Å². The molecule has 96 valence electrons. The fraction of sp³-hybridized carbons (Fsp3) is 1.00. The van der Waals surface area contributed by atoms with E-state index >= 15 is 0 Å². The number of hydroxylamine groups is 2. The maximum atomic E-state index is 11.1. The molecule has 1 aliphatic heterocycles. The van der Waals surface area contributed by atoms with E-state index in [0.29, 0.717) is 12.5 Å². The highest BCUT2D eigenvalue weighted by atomic mass is 32.2. The van der Waals surface area contributed by atoms with Crippen LogP contribution in [0.4, 0.5) is 0 Å². The molecular weight excluding hydrogens is 230 g/mol. The van der Waals surface area contributed by atoms with Crippen LogP contribution in [0, 0.1) is 5.92 Å². The number of piperidine rings is 1. The number of nitrogens with zero attached hydrogens (tertiary/aromatic N) is 1. The zero-order valence-electron chi connectivity index (χ0n) is 10.2. The van der Waals surface area contributed by atoms with Gasteiger partial charge in [0.15, 0.2) is 11.1 Å². The van der Waals surface area contributed by atoms with E-state index in [1.807, 2.05) is 0 Å². The molecule has 5 nitrogen and oxygen atoms in total. The Labute approximate surface area is 99.6 Å². The van der Waals surface area contributed by atoms with E-state index in [1.54, 1.807) is 5.06 Å². The summed E-state index contributed by atoms with van der Waals surface area (Å²) in [6.07, 6.45) is 4.76. The molecule has 0 N–H and O–H groups in total. The van der Waals surface area contributed by atoms with Gasteiger partial charge in [0, 0.05) is 12.8 Å². The third-order valence-electron chi connectivity index (χ3n) is 2.93. The molecule has 0 aliphatic carbocycles. The molecule has 0 amide bonds. The normalized spacial score (nSPS) is 29.2. The van der Waals surface area contributed by atoms with Crippen LogP contribution in [0.1, 0.15) is 26.2 Å². The monoisotopic (exact) mass is 251 g/mol. The van der Waals surface area contributed by atoms with Gasteiger partial charge in [-0.15, -0.1) is 0 Å². The van der Waals surface area contributed by atoms with E-state index in [2.05, 4.69) is 11.8 Å². The molecular formula is C10H21NO4S. The van der Waals surface area contributed by atoms with E-state index < -0.39 is 11.1 Å². The van der Waals surface area contributed by atoms with E-state index in [9.17, 15) is 4.21 Å². The lowest BCUT2D eigenvalue weighted by Crippen LogP contribution is -2.45. The summed E-state index contributed by atoms with van der Waals surface area (Å²) in [7, 11) is 1.49. The Balaban J connectivity index is 2.49. The van der Waals surface area contributed by atoms with Crippen LogP contribution in [-0.2, 0) is 25.1 Å². The van der Waals surface area contributed by atoms with Crippen LogP contribution in [0.3, 0.4) is 0 Å². The van der Waals surface area contributed by atoms with Crippen molar-refractivity contribution in [1.29, 1.82) is 0 Å². The Hall–Kier alpha value is -0.0100. The van der Waals surface area contributed by atoms with Crippen LogP contribution in [0.2, 0.25) is 0 Å². The minimum absolute atomic E-state index is 0.127. The van der Waals surface area contributed by atoms with Crippen molar-refractivity contribution < 1.29 is 18.3 Å². The summed E-state index contributed by atoms with van der Waals surface area (Å²) in [5.74, 6) is 0.690. The second-order valence-electron chi connectivity index (χ2n) is 4.02. The molecule has 0 aromatic carbocycles. The summed E-state index contributed by atoms with van der Waals surface area (Å²) in [6.45, 7) is 3.44. The lowest BCUT2D eigenvalue weighted by Gasteiger charge is -2.36. The fourth-order valence-electron chi connectivity index (χ4n) is 2.01. The van der Waals surface area contributed by atoms with Gasteiger partial charge in [-0.25, -0.2) is 14.0 Å². The molecule has 0 saturated carbocycles. The topological polar surface area (TPSA) is 48.0 Å². The molecule has 1 saturated heterocycles. The Kier molecular flexibility index (Phi) is 6.45. The zero-order chi connectivity index (χ0) is 12.0. The standard InChI is InChI=1S/C10H21NO4S/c1-4-9-5-6-11(15-16(3)12)10(7-9)8-14-13-2/h9-10H,4-8H2,1-3H3. The molecule has 1 heterocycles. The lowest BCUT2D eigenvalue weighted by molar-refractivity contribution is -0.292. The summed E-state index contributed by atoms with van der Waals surface area (Å²) >= 11 is -1.27. The van der Waals surface area contributed by atoms with E-state index in [-0.39, 0.29) is 6.04 Å². The molecule has 6 heteroatoms. The smallest absolute Gasteiger partial charge is 0.170 e. The molecule has 1 rings (SSSR count). The Morgan fingerprint density at radius 2 is 2.25 bits per heavy atom. The maximum absolute atomic E-state index is 11.1. The largest absolute Gasteiger partial charge is 0.240 e. The van der Waals surface area contributed by atoms with Crippen LogP contribution in [0.15, 0.2) is 0 Å². The highest BCUT2D eigenvalue weighted by Crippen LogP contribution is 2.26. The van der Waals surface area contributed by atoms with Crippen molar-refractivity contribution in [3.05, 3.63) is 0 Å². The van der Waals surface area contributed by atoms with Crippen molar-refractivity contribution in [3.8, 4) is 0 Å². The quantitative estimate of drug-likeness (QED) is 0.526. The van der Waals surface area contributed by atoms with E-state index in [0.717, 1.165) is 25.8 Å². The van der Waals surface area contributed by atoms with Crippen LogP contribution in [-0.4, -0.2) is 41.8 Å². The number of hydrogen-bond acceptors (Lipinski definition) is 5. The second kappa shape index (κ2) is 7.34. The van der Waals surface area contributed by atoms with Gasteiger partial charge in [-0.1, -0.05) is 13.3 Å². The summed E-state index contributed by atoms with van der Waals surface area (Å²) < 4.78 is 16.3. The molecule has 0 aromatic heterocycles. The Bertz CT molecular complexity index is 227. The van der Waals surface area contributed by atoms with Crippen LogP contribution in [0.25, 0.3) is 0 Å². The van der Waals surface area contributed by atoms with E-state index in [1.165, 1.54) is 13.4 Å². The highest BCUT2D eigenvalue weighted by Gasteiger charge is 2.29. The van der Waals surface area contributed by atoms with Gasteiger partial charge in [0.1, 0.15) is 6.61 Å². The minimum Gasteiger partial charge on any atom is -0.240 e. The summed E-state index contributed by atoms with van der Waals surface area (Å²) in [6, 6.07) is 0.127. The zero-order valence-corrected chi connectivity index (χ0v) is 11.0. The maximum Gasteiger partial charge on any atom is 0.170 e. The summed E-state index contributed by atoms with van der Waals surface area (Å²) in [5.41, 5.74) is 0. The predicted octanol–water partition coefficient (Wildman–Crippen LogP) is 1.28. The third-order valence-corrected chi connectivity index (χ3v) is 3.33. The van der Waals surface area contributed by atoms with Crippen molar-refractivity contribution in [2.24, 2.45) is 5.92 Å². The van der Waals surface area contributed by atoms with Gasteiger partial charge in [-0.3, -0.25) is 0 Å². The van der Waals surface area contributed by atoms with Gasteiger partial charge in [0.25, 0.3) is 0 Å². The first-order valence-electron chi connectivity index (χ1n) is 5.61. The molecule has 0 spiro atoms. The van der Waals surface area contributed by atoms with Gasteiger partial charge >= 0.3 is 0 Å². The van der Waals surface area contributed by atoms with Crippen LogP contribution in [0.5, 0.6) is 0 Å². The molecule has 16 heavy (non-hydrogen) atoms. The first-order chi connectivity index (χ1) is 7.67. The second-order valence-corrected chi connectivity index (χ2v) is 4.97. The Morgan fingerprint density at radius 3 is 2.81 bits per heavy atom. The lowest BCUT2D eigenvalue weighted by atomic mass is 9.90. The van der Waals surface area contributed by atoms with Crippen molar-refractivity contribution in [1.82, 2.24) is 5.06 Å². The predicted molar refractivity (Wildman–Crippen MR) is 61.6 cm³/mol. The summed E-state index contributed by atoms with van der Waals surface area (Å²) in [5, 5.41) is 1.77. The molecule has 1 aliphatic rings. The molecule has 0 radical (unpaired) electrons. The third kappa shape index (κ3) is 4.47. The Morgan fingerprint density at radius 1 is 1.50 bits per heavy atom. The van der Waals surface area contributed by atoms with Crippen molar-refractivity contribution in [2.45, 2.75) is 32.2 Å². The average Bonchev–Trinajstić information content (AvgIpc) is 2.27. The first-order valence-corrected chi connectivity index (χ1v) is 7.09. The minimum atomic E-state index is -1.27. The van der Waals surface area contributed by atoms with Gasteiger partial charge < -0.3 is 0 Å². The van der Waals surface area contributed by atoms with E-state index in [4.69, 9.17) is 9.17 Å². The van der Waals surface area contributed by atoms with Crippen molar-refractivity contribution in [3.63, 3.8) is 0 Å². The first kappa shape index (κ1) is 14.1. The molecule has 1 fully saturated rings. The van der Waals surface area contributed by atoms with Crippen molar-refractivity contribution >= 4 is 11.1 Å². The molecule has 3 atom stereocenters. The number of rotatable bonds is 6.